The number of methoxy groups -OCH3 is 1. The Hall–Kier alpha value is -1.46. The van der Waals surface area contributed by atoms with Gasteiger partial charge in [0.05, 0.1) is 18.8 Å². The summed E-state index contributed by atoms with van der Waals surface area (Å²) < 4.78 is 6.16. The molecular formula is C16H20BrN3O. The molecule has 0 fully saturated rings. The van der Waals surface area contributed by atoms with Crippen LogP contribution in [0.4, 0.5) is 0 Å². The molecule has 1 heterocycles. The number of ether oxygens (including phenoxy) is 1. The normalized spacial score (nSPS) is 12.1. The molecule has 1 atom stereocenters. The zero-order valence-corrected chi connectivity index (χ0v) is 13.9. The van der Waals surface area contributed by atoms with Crippen molar-refractivity contribution >= 4 is 15.9 Å². The van der Waals surface area contributed by atoms with Gasteiger partial charge in [0.2, 0.25) is 5.88 Å². The van der Waals surface area contributed by atoms with Crippen LogP contribution < -0.4 is 10.1 Å². The maximum Gasteiger partial charge on any atom is 0.233 e. The first-order chi connectivity index (χ1) is 10.2. The van der Waals surface area contributed by atoms with Gasteiger partial charge in [-0.3, -0.25) is 0 Å². The van der Waals surface area contributed by atoms with Gasteiger partial charge in [-0.25, -0.2) is 0 Å². The SMILES string of the molecule is CCCNC(Cc1cccc(Br)c1)c1ccc(OC)nn1. The van der Waals surface area contributed by atoms with Crippen molar-refractivity contribution < 1.29 is 4.74 Å². The highest BCUT2D eigenvalue weighted by Crippen LogP contribution is 2.20. The van der Waals surface area contributed by atoms with E-state index in [4.69, 9.17) is 4.74 Å². The zero-order valence-electron chi connectivity index (χ0n) is 12.3. The maximum absolute atomic E-state index is 5.06. The maximum atomic E-state index is 5.06. The van der Waals surface area contributed by atoms with Gasteiger partial charge in [-0.1, -0.05) is 35.0 Å². The molecule has 0 saturated heterocycles. The molecule has 0 aliphatic rings. The molecule has 2 aromatic rings. The fraction of sp³-hybridized carbons (Fsp3) is 0.375. The first kappa shape index (κ1) is 15.9. The number of hydrogen-bond acceptors (Lipinski definition) is 4. The molecule has 0 aliphatic carbocycles. The van der Waals surface area contributed by atoms with E-state index in [1.807, 2.05) is 18.2 Å². The van der Waals surface area contributed by atoms with Crippen LogP contribution in [-0.2, 0) is 6.42 Å². The second kappa shape index (κ2) is 8.10. The smallest absolute Gasteiger partial charge is 0.233 e. The van der Waals surface area contributed by atoms with E-state index in [1.54, 1.807) is 7.11 Å². The van der Waals surface area contributed by atoms with Crippen LogP contribution >= 0.6 is 15.9 Å². The van der Waals surface area contributed by atoms with E-state index in [-0.39, 0.29) is 6.04 Å². The predicted octanol–water partition coefficient (Wildman–Crippen LogP) is 3.53. The van der Waals surface area contributed by atoms with E-state index in [2.05, 4.69) is 56.6 Å². The summed E-state index contributed by atoms with van der Waals surface area (Å²) in [5.41, 5.74) is 2.19. The molecule has 112 valence electrons. The van der Waals surface area contributed by atoms with E-state index < -0.39 is 0 Å². The molecule has 1 N–H and O–H groups in total. The summed E-state index contributed by atoms with van der Waals surface area (Å²) in [4.78, 5) is 0. The van der Waals surface area contributed by atoms with Crippen LogP contribution in [0.1, 0.15) is 30.6 Å². The average molecular weight is 350 g/mol. The van der Waals surface area contributed by atoms with Crippen LogP contribution in [0.25, 0.3) is 0 Å². The first-order valence-electron chi connectivity index (χ1n) is 7.08. The molecule has 1 aromatic heterocycles. The Bertz CT molecular complexity index is 560. The first-order valence-corrected chi connectivity index (χ1v) is 7.87. The zero-order chi connectivity index (χ0) is 15.1. The fourth-order valence-corrected chi connectivity index (χ4v) is 2.57. The van der Waals surface area contributed by atoms with Gasteiger partial charge in [-0.05, 0) is 43.1 Å². The van der Waals surface area contributed by atoms with Gasteiger partial charge in [0.1, 0.15) is 0 Å². The highest BCUT2D eigenvalue weighted by Gasteiger charge is 2.14. The summed E-state index contributed by atoms with van der Waals surface area (Å²) in [6.07, 6.45) is 1.96. The topological polar surface area (TPSA) is 47.0 Å². The quantitative estimate of drug-likeness (QED) is 0.830. The molecule has 0 saturated carbocycles. The Morgan fingerprint density at radius 3 is 2.71 bits per heavy atom. The van der Waals surface area contributed by atoms with Gasteiger partial charge in [-0.2, -0.15) is 5.10 Å². The molecule has 21 heavy (non-hydrogen) atoms. The molecule has 0 radical (unpaired) electrons. The summed E-state index contributed by atoms with van der Waals surface area (Å²) >= 11 is 3.51. The predicted molar refractivity (Wildman–Crippen MR) is 87.5 cm³/mol. The van der Waals surface area contributed by atoms with Crippen molar-refractivity contribution in [2.45, 2.75) is 25.8 Å². The molecule has 0 aliphatic heterocycles. The number of aromatic nitrogens is 2. The second-order valence-electron chi connectivity index (χ2n) is 4.84. The molecule has 0 amide bonds. The lowest BCUT2D eigenvalue weighted by Crippen LogP contribution is -2.25. The number of benzene rings is 1. The van der Waals surface area contributed by atoms with Crippen molar-refractivity contribution in [3.8, 4) is 5.88 Å². The Morgan fingerprint density at radius 2 is 2.10 bits per heavy atom. The van der Waals surface area contributed by atoms with Crippen molar-refractivity contribution in [2.24, 2.45) is 0 Å². The molecule has 0 spiro atoms. The Kier molecular flexibility index (Phi) is 6.14. The molecular weight excluding hydrogens is 330 g/mol. The van der Waals surface area contributed by atoms with E-state index in [0.29, 0.717) is 5.88 Å². The minimum Gasteiger partial charge on any atom is -0.480 e. The van der Waals surface area contributed by atoms with Crippen LogP contribution in [0.3, 0.4) is 0 Å². The number of halogens is 1. The third kappa shape index (κ3) is 4.79. The summed E-state index contributed by atoms with van der Waals surface area (Å²) in [6.45, 7) is 3.11. The number of hydrogen-bond donors (Lipinski definition) is 1. The fourth-order valence-electron chi connectivity index (χ4n) is 2.12. The lowest BCUT2D eigenvalue weighted by atomic mass is 10.0. The highest BCUT2D eigenvalue weighted by molar-refractivity contribution is 9.10. The Labute approximate surface area is 134 Å². The van der Waals surface area contributed by atoms with Gasteiger partial charge in [0.15, 0.2) is 0 Å². The standard InChI is InChI=1S/C16H20BrN3O/c1-3-9-18-15(11-12-5-4-6-13(17)10-12)14-7-8-16(21-2)20-19-14/h4-8,10,15,18H,3,9,11H2,1-2H3. The van der Waals surface area contributed by atoms with Crippen molar-refractivity contribution in [2.75, 3.05) is 13.7 Å². The van der Waals surface area contributed by atoms with Crippen molar-refractivity contribution in [3.63, 3.8) is 0 Å². The van der Waals surface area contributed by atoms with Crippen LogP contribution in [-0.4, -0.2) is 23.9 Å². The summed E-state index contributed by atoms with van der Waals surface area (Å²) in [7, 11) is 1.60. The van der Waals surface area contributed by atoms with Gasteiger partial charge >= 0.3 is 0 Å². The van der Waals surface area contributed by atoms with Crippen LogP contribution in [0, 0.1) is 0 Å². The van der Waals surface area contributed by atoms with Crippen molar-refractivity contribution in [1.82, 2.24) is 15.5 Å². The van der Waals surface area contributed by atoms with E-state index in [9.17, 15) is 0 Å². The lowest BCUT2D eigenvalue weighted by molar-refractivity contribution is 0.389. The molecule has 2 rings (SSSR count). The monoisotopic (exact) mass is 349 g/mol. The lowest BCUT2D eigenvalue weighted by Gasteiger charge is -2.18. The van der Waals surface area contributed by atoms with Gasteiger partial charge < -0.3 is 10.1 Å². The summed E-state index contributed by atoms with van der Waals surface area (Å²) in [5.74, 6) is 0.537. The highest BCUT2D eigenvalue weighted by atomic mass is 79.9. The number of rotatable bonds is 7. The largest absolute Gasteiger partial charge is 0.480 e. The Morgan fingerprint density at radius 1 is 1.24 bits per heavy atom. The third-order valence-electron chi connectivity index (χ3n) is 3.20. The minimum atomic E-state index is 0.151. The summed E-state index contributed by atoms with van der Waals surface area (Å²) in [6, 6.07) is 12.3. The molecule has 1 aromatic carbocycles. The third-order valence-corrected chi connectivity index (χ3v) is 3.69. The number of nitrogens with one attached hydrogen (secondary N) is 1. The molecule has 4 nitrogen and oxygen atoms in total. The van der Waals surface area contributed by atoms with Gasteiger partial charge in [-0.15, -0.1) is 5.10 Å². The van der Waals surface area contributed by atoms with Crippen LogP contribution in [0.2, 0.25) is 0 Å². The van der Waals surface area contributed by atoms with Gasteiger partial charge in [0.25, 0.3) is 0 Å². The minimum absolute atomic E-state index is 0.151. The van der Waals surface area contributed by atoms with E-state index in [1.165, 1.54) is 5.56 Å². The van der Waals surface area contributed by atoms with E-state index >= 15 is 0 Å². The van der Waals surface area contributed by atoms with Crippen molar-refractivity contribution in [1.29, 1.82) is 0 Å². The van der Waals surface area contributed by atoms with E-state index in [0.717, 1.165) is 29.6 Å². The number of nitrogens with zero attached hydrogens (tertiary/aromatic N) is 2. The molecule has 5 heteroatoms. The van der Waals surface area contributed by atoms with Gasteiger partial charge in [0, 0.05) is 10.5 Å². The second-order valence-corrected chi connectivity index (χ2v) is 5.76. The van der Waals surface area contributed by atoms with Crippen LogP contribution in [0.15, 0.2) is 40.9 Å². The van der Waals surface area contributed by atoms with Crippen molar-refractivity contribution in [3.05, 3.63) is 52.1 Å². The average Bonchev–Trinajstić information content (AvgIpc) is 2.51. The molecule has 1 unspecified atom stereocenters. The molecule has 0 bridgehead atoms. The Balaban J connectivity index is 2.16. The summed E-state index contributed by atoms with van der Waals surface area (Å²) in [5, 5.41) is 11.9. The van der Waals surface area contributed by atoms with Crippen LogP contribution in [0.5, 0.6) is 5.88 Å².